The lowest BCUT2D eigenvalue weighted by molar-refractivity contribution is -0.121. The topological polar surface area (TPSA) is 74.8 Å². The number of hydrogen-bond acceptors (Lipinski definition) is 3. The molecule has 0 spiro atoms. The molecule has 7 heteroatoms. The number of nitrogens with zero attached hydrogens (tertiary/aromatic N) is 1. The van der Waals surface area contributed by atoms with E-state index in [9.17, 15) is 4.79 Å². The summed E-state index contributed by atoms with van der Waals surface area (Å²) in [4.78, 5) is 16.3. The molecule has 1 aliphatic rings. The highest BCUT2D eigenvalue weighted by Crippen LogP contribution is 2.34. The first kappa shape index (κ1) is 21.7. The first-order valence-corrected chi connectivity index (χ1v) is 10.1. The Balaban J connectivity index is 1.99. The molecule has 0 radical (unpaired) electrons. The number of ether oxygens (including phenoxy) is 1. The molecule has 0 aliphatic carbocycles. The number of carbonyl (C=O) groups is 1. The van der Waals surface area contributed by atoms with Gasteiger partial charge in [-0.15, -0.1) is 0 Å². The molecule has 27 heavy (non-hydrogen) atoms. The Morgan fingerprint density at radius 1 is 1.19 bits per heavy atom. The van der Waals surface area contributed by atoms with Gasteiger partial charge in [-0.1, -0.05) is 28.1 Å². The molecular weight excluding hydrogens is 408 g/mol. The summed E-state index contributed by atoms with van der Waals surface area (Å²) in [5, 5.41) is 9.44. The standard InChI is InChI=1S/C20H31BrN4O2/c1-19(2,3)25-17(26)13-23-18(22-4)24-14-20(9-11-27-12-10-20)15-5-7-16(21)8-6-15/h5-8H,9-14H2,1-4H3,(H,25,26)(H2,22,23,24). The van der Waals surface area contributed by atoms with E-state index in [1.807, 2.05) is 20.8 Å². The molecule has 1 saturated heterocycles. The Kier molecular flexibility index (Phi) is 7.68. The number of benzene rings is 1. The Morgan fingerprint density at radius 2 is 1.81 bits per heavy atom. The number of guanidine groups is 1. The highest BCUT2D eigenvalue weighted by molar-refractivity contribution is 9.10. The van der Waals surface area contributed by atoms with Crippen LogP contribution in [0, 0.1) is 0 Å². The van der Waals surface area contributed by atoms with Crippen molar-refractivity contribution >= 4 is 27.8 Å². The molecule has 6 nitrogen and oxygen atoms in total. The van der Waals surface area contributed by atoms with E-state index in [4.69, 9.17) is 4.74 Å². The summed E-state index contributed by atoms with van der Waals surface area (Å²) in [6.45, 7) is 8.31. The molecule has 0 aromatic heterocycles. The first-order valence-electron chi connectivity index (χ1n) is 9.33. The van der Waals surface area contributed by atoms with Crippen molar-refractivity contribution in [1.29, 1.82) is 0 Å². The number of aliphatic imine (C=N–C) groups is 1. The molecule has 150 valence electrons. The van der Waals surface area contributed by atoms with Crippen molar-refractivity contribution < 1.29 is 9.53 Å². The van der Waals surface area contributed by atoms with Gasteiger partial charge in [0.1, 0.15) is 0 Å². The molecule has 3 N–H and O–H groups in total. The second-order valence-corrected chi connectivity index (χ2v) is 8.89. The van der Waals surface area contributed by atoms with Crippen LogP contribution in [0.2, 0.25) is 0 Å². The number of nitrogens with one attached hydrogen (secondary N) is 3. The second-order valence-electron chi connectivity index (χ2n) is 7.98. The molecule has 0 saturated carbocycles. The van der Waals surface area contributed by atoms with Gasteiger partial charge >= 0.3 is 0 Å². The van der Waals surface area contributed by atoms with Crippen LogP contribution in [-0.2, 0) is 14.9 Å². The normalized spacial score (nSPS) is 17.3. The fraction of sp³-hybridized carbons (Fsp3) is 0.600. The number of halogens is 1. The lowest BCUT2D eigenvalue weighted by Gasteiger charge is -2.38. The zero-order chi connectivity index (χ0) is 19.9. The Morgan fingerprint density at radius 3 is 2.37 bits per heavy atom. The van der Waals surface area contributed by atoms with Crippen LogP contribution >= 0.6 is 15.9 Å². The maximum Gasteiger partial charge on any atom is 0.239 e. The van der Waals surface area contributed by atoms with E-state index in [1.54, 1.807) is 7.05 Å². The molecule has 1 aromatic rings. The third-order valence-electron chi connectivity index (χ3n) is 4.66. The summed E-state index contributed by atoms with van der Waals surface area (Å²) in [6, 6.07) is 8.50. The highest BCUT2D eigenvalue weighted by Gasteiger charge is 2.34. The number of amides is 1. The van der Waals surface area contributed by atoms with Crippen molar-refractivity contribution in [1.82, 2.24) is 16.0 Å². The van der Waals surface area contributed by atoms with Crippen LogP contribution < -0.4 is 16.0 Å². The minimum absolute atomic E-state index is 0.00968. The summed E-state index contributed by atoms with van der Waals surface area (Å²) in [7, 11) is 1.72. The maximum absolute atomic E-state index is 12.0. The van der Waals surface area contributed by atoms with Crippen molar-refractivity contribution in [3.63, 3.8) is 0 Å². The summed E-state index contributed by atoms with van der Waals surface area (Å²) in [5.41, 5.74) is 1.04. The summed E-state index contributed by atoms with van der Waals surface area (Å²) in [5.74, 6) is 0.571. The van der Waals surface area contributed by atoms with Gasteiger partial charge in [-0.3, -0.25) is 9.79 Å². The van der Waals surface area contributed by atoms with E-state index in [0.717, 1.165) is 37.1 Å². The van der Waals surface area contributed by atoms with Crippen LogP contribution in [0.5, 0.6) is 0 Å². The first-order chi connectivity index (χ1) is 12.7. The maximum atomic E-state index is 12.0. The van der Waals surface area contributed by atoms with Gasteiger partial charge < -0.3 is 20.7 Å². The average Bonchev–Trinajstić information content (AvgIpc) is 2.61. The van der Waals surface area contributed by atoms with E-state index in [1.165, 1.54) is 5.56 Å². The average molecular weight is 439 g/mol. The molecule has 1 heterocycles. The van der Waals surface area contributed by atoms with Crippen molar-refractivity contribution in [2.45, 2.75) is 44.6 Å². The van der Waals surface area contributed by atoms with E-state index in [-0.39, 0.29) is 23.4 Å². The molecule has 1 fully saturated rings. The van der Waals surface area contributed by atoms with Crippen LogP contribution in [0.1, 0.15) is 39.2 Å². The van der Waals surface area contributed by atoms with Crippen LogP contribution in [0.4, 0.5) is 0 Å². The largest absolute Gasteiger partial charge is 0.381 e. The van der Waals surface area contributed by atoms with Gasteiger partial charge in [0, 0.05) is 42.2 Å². The van der Waals surface area contributed by atoms with Gasteiger partial charge in [-0.25, -0.2) is 0 Å². The van der Waals surface area contributed by atoms with Crippen molar-refractivity contribution in [2.24, 2.45) is 4.99 Å². The van der Waals surface area contributed by atoms with E-state index >= 15 is 0 Å². The van der Waals surface area contributed by atoms with Gasteiger partial charge in [0.05, 0.1) is 6.54 Å². The lowest BCUT2D eigenvalue weighted by Crippen LogP contribution is -2.51. The van der Waals surface area contributed by atoms with Crippen molar-refractivity contribution in [3.8, 4) is 0 Å². The fourth-order valence-electron chi connectivity index (χ4n) is 3.23. The fourth-order valence-corrected chi connectivity index (χ4v) is 3.50. The summed E-state index contributed by atoms with van der Waals surface area (Å²) in [6.07, 6.45) is 1.90. The Bertz CT molecular complexity index is 647. The van der Waals surface area contributed by atoms with E-state index in [2.05, 4.69) is 61.1 Å². The van der Waals surface area contributed by atoms with Gasteiger partial charge in [-0.2, -0.15) is 0 Å². The smallest absolute Gasteiger partial charge is 0.239 e. The summed E-state index contributed by atoms with van der Waals surface area (Å²) < 4.78 is 6.67. The van der Waals surface area contributed by atoms with Crippen LogP contribution in [0.3, 0.4) is 0 Å². The quantitative estimate of drug-likeness (QED) is 0.487. The van der Waals surface area contributed by atoms with Gasteiger partial charge in [0.2, 0.25) is 5.91 Å². The van der Waals surface area contributed by atoms with Gasteiger partial charge in [-0.05, 0) is 51.3 Å². The van der Waals surface area contributed by atoms with Gasteiger partial charge in [0.15, 0.2) is 5.96 Å². The Hall–Kier alpha value is -1.60. The van der Waals surface area contributed by atoms with E-state index in [0.29, 0.717) is 5.96 Å². The number of carbonyl (C=O) groups excluding carboxylic acids is 1. The monoisotopic (exact) mass is 438 g/mol. The Labute approximate surface area is 170 Å². The lowest BCUT2D eigenvalue weighted by atomic mass is 9.74. The second kappa shape index (κ2) is 9.55. The third-order valence-corrected chi connectivity index (χ3v) is 5.18. The predicted octanol–water partition coefficient (Wildman–Crippen LogP) is 2.58. The molecule has 1 aromatic carbocycles. The molecule has 1 aliphatic heterocycles. The summed E-state index contributed by atoms with van der Waals surface area (Å²) >= 11 is 3.51. The number of hydrogen-bond donors (Lipinski definition) is 3. The van der Waals surface area contributed by atoms with Crippen LogP contribution in [-0.4, -0.2) is 50.8 Å². The van der Waals surface area contributed by atoms with Gasteiger partial charge in [0.25, 0.3) is 0 Å². The predicted molar refractivity (Wildman–Crippen MR) is 113 cm³/mol. The minimum Gasteiger partial charge on any atom is -0.381 e. The van der Waals surface area contributed by atoms with E-state index < -0.39 is 0 Å². The van der Waals surface area contributed by atoms with Crippen LogP contribution in [0.15, 0.2) is 33.7 Å². The zero-order valence-corrected chi connectivity index (χ0v) is 18.3. The van der Waals surface area contributed by atoms with Crippen molar-refractivity contribution in [3.05, 3.63) is 34.3 Å². The van der Waals surface area contributed by atoms with Crippen LogP contribution in [0.25, 0.3) is 0 Å². The highest BCUT2D eigenvalue weighted by atomic mass is 79.9. The minimum atomic E-state index is -0.247. The number of rotatable bonds is 5. The third kappa shape index (κ3) is 6.81. The molecular formula is C20H31BrN4O2. The molecule has 1 amide bonds. The molecule has 0 atom stereocenters. The van der Waals surface area contributed by atoms with Crippen molar-refractivity contribution in [2.75, 3.05) is 33.4 Å². The molecule has 0 bridgehead atoms. The molecule has 0 unspecified atom stereocenters. The zero-order valence-electron chi connectivity index (χ0n) is 16.7. The SMILES string of the molecule is CN=C(NCC(=O)NC(C)(C)C)NCC1(c2ccc(Br)cc2)CCOCC1. The molecule has 2 rings (SSSR count).